The number of nitrogens with one attached hydrogen (secondary N) is 1. The number of rotatable bonds is 6. The minimum Gasteiger partial charge on any atom is -0.311 e. The standard InChI is InChI=1S/C10H19N3O/c1-4-9(5-2)6-11-7-10-8(3)12-14-13-10/h9,11H,4-7H2,1-3H3. The summed E-state index contributed by atoms with van der Waals surface area (Å²) in [5.41, 5.74) is 1.79. The van der Waals surface area contributed by atoms with Crippen LogP contribution in [0, 0.1) is 12.8 Å². The van der Waals surface area contributed by atoms with E-state index < -0.39 is 0 Å². The molecule has 1 aromatic rings. The van der Waals surface area contributed by atoms with Gasteiger partial charge in [-0.3, -0.25) is 0 Å². The van der Waals surface area contributed by atoms with Crippen LogP contribution in [0.3, 0.4) is 0 Å². The van der Waals surface area contributed by atoms with Gasteiger partial charge in [-0.2, -0.15) is 0 Å². The minimum absolute atomic E-state index is 0.756. The van der Waals surface area contributed by atoms with Crippen molar-refractivity contribution >= 4 is 0 Å². The number of aryl methyl sites for hydroxylation is 1. The summed E-state index contributed by atoms with van der Waals surface area (Å²) in [7, 11) is 0. The highest BCUT2D eigenvalue weighted by molar-refractivity contribution is 5.03. The average molecular weight is 197 g/mol. The SMILES string of the molecule is CCC(CC)CNCc1nonc1C. The van der Waals surface area contributed by atoms with Crippen molar-refractivity contribution in [2.75, 3.05) is 6.54 Å². The fourth-order valence-electron chi connectivity index (χ4n) is 1.38. The second-order valence-electron chi connectivity index (χ2n) is 3.61. The van der Waals surface area contributed by atoms with Crippen molar-refractivity contribution in [3.63, 3.8) is 0 Å². The zero-order chi connectivity index (χ0) is 10.4. The second-order valence-corrected chi connectivity index (χ2v) is 3.61. The van der Waals surface area contributed by atoms with Crippen LogP contribution in [0.15, 0.2) is 4.63 Å². The molecule has 1 heterocycles. The zero-order valence-corrected chi connectivity index (χ0v) is 9.21. The van der Waals surface area contributed by atoms with Crippen LogP contribution in [0.4, 0.5) is 0 Å². The van der Waals surface area contributed by atoms with Crippen molar-refractivity contribution in [1.82, 2.24) is 15.6 Å². The first kappa shape index (κ1) is 11.2. The molecule has 0 radical (unpaired) electrons. The van der Waals surface area contributed by atoms with Crippen LogP contribution in [-0.2, 0) is 6.54 Å². The van der Waals surface area contributed by atoms with Crippen LogP contribution >= 0.6 is 0 Å². The Hall–Kier alpha value is -0.900. The quantitative estimate of drug-likeness (QED) is 0.756. The van der Waals surface area contributed by atoms with Gasteiger partial charge in [-0.15, -0.1) is 0 Å². The highest BCUT2D eigenvalue weighted by Gasteiger charge is 2.06. The summed E-state index contributed by atoms with van der Waals surface area (Å²) in [4.78, 5) is 0. The Balaban J connectivity index is 2.24. The Labute approximate surface area is 85.0 Å². The fraction of sp³-hybridized carbons (Fsp3) is 0.800. The minimum atomic E-state index is 0.756. The van der Waals surface area contributed by atoms with E-state index in [9.17, 15) is 0 Å². The molecule has 0 bridgehead atoms. The van der Waals surface area contributed by atoms with Gasteiger partial charge in [-0.1, -0.05) is 37.0 Å². The third-order valence-electron chi connectivity index (χ3n) is 2.63. The molecule has 0 saturated heterocycles. The maximum atomic E-state index is 4.62. The summed E-state index contributed by atoms with van der Waals surface area (Å²) in [5, 5.41) is 10.9. The van der Waals surface area contributed by atoms with Gasteiger partial charge in [0, 0.05) is 6.54 Å². The van der Waals surface area contributed by atoms with E-state index in [-0.39, 0.29) is 0 Å². The van der Waals surface area contributed by atoms with E-state index in [1.165, 1.54) is 12.8 Å². The molecule has 1 rings (SSSR count). The van der Waals surface area contributed by atoms with Crippen LogP contribution in [0.2, 0.25) is 0 Å². The van der Waals surface area contributed by atoms with Crippen molar-refractivity contribution in [2.24, 2.45) is 5.92 Å². The normalized spacial score (nSPS) is 11.1. The van der Waals surface area contributed by atoms with Gasteiger partial charge in [0.05, 0.1) is 0 Å². The number of nitrogens with zero attached hydrogens (tertiary/aromatic N) is 2. The van der Waals surface area contributed by atoms with Crippen molar-refractivity contribution in [1.29, 1.82) is 0 Å². The maximum Gasteiger partial charge on any atom is 0.121 e. The Kier molecular flexibility index (Phi) is 4.59. The highest BCUT2D eigenvalue weighted by Crippen LogP contribution is 2.06. The molecule has 0 aliphatic carbocycles. The van der Waals surface area contributed by atoms with Gasteiger partial charge in [0.25, 0.3) is 0 Å². The lowest BCUT2D eigenvalue weighted by Crippen LogP contribution is -2.22. The van der Waals surface area contributed by atoms with Crippen LogP contribution < -0.4 is 5.32 Å². The smallest absolute Gasteiger partial charge is 0.121 e. The predicted molar refractivity (Wildman–Crippen MR) is 54.8 cm³/mol. The van der Waals surface area contributed by atoms with Gasteiger partial charge in [-0.05, 0) is 19.4 Å². The first-order valence-electron chi connectivity index (χ1n) is 5.26. The van der Waals surface area contributed by atoms with Crippen LogP contribution in [0.5, 0.6) is 0 Å². The van der Waals surface area contributed by atoms with Crippen molar-refractivity contribution in [3.05, 3.63) is 11.4 Å². The number of hydrogen-bond donors (Lipinski definition) is 1. The third kappa shape index (κ3) is 3.10. The summed E-state index contributed by atoms with van der Waals surface area (Å²) >= 11 is 0. The van der Waals surface area contributed by atoms with Gasteiger partial charge in [0.15, 0.2) is 0 Å². The Morgan fingerprint density at radius 1 is 1.29 bits per heavy atom. The molecule has 0 amide bonds. The topological polar surface area (TPSA) is 51.0 Å². The van der Waals surface area contributed by atoms with E-state index in [1.807, 2.05) is 6.92 Å². The highest BCUT2D eigenvalue weighted by atomic mass is 16.6. The molecular formula is C10H19N3O. The average Bonchev–Trinajstić information content (AvgIpc) is 2.59. The van der Waals surface area contributed by atoms with Crippen molar-refractivity contribution in [2.45, 2.75) is 40.2 Å². The van der Waals surface area contributed by atoms with Gasteiger partial charge < -0.3 is 5.32 Å². The summed E-state index contributed by atoms with van der Waals surface area (Å²) in [6, 6.07) is 0. The number of aromatic nitrogens is 2. The van der Waals surface area contributed by atoms with Crippen molar-refractivity contribution in [3.8, 4) is 0 Å². The lowest BCUT2D eigenvalue weighted by molar-refractivity contribution is 0.300. The second kappa shape index (κ2) is 5.75. The van der Waals surface area contributed by atoms with Gasteiger partial charge >= 0.3 is 0 Å². The molecule has 0 aliphatic heterocycles. The monoisotopic (exact) mass is 197 g/mol. The molecule has 4 heteroatoms. The molecule has 4 nitrogen and oxygen atoms in total. The van der Waals surface area contributed by atoms with Crippen LogP contribution in [0.1, 0.15) is 38.1 Å². The van der Waals surface area contributed by atoms with Crippen LogP contribution in [-0.4, -0.2) is 16.9 Å². The number of hydrogen-bond acceptors (Lipinski definition) is 4. The van der Waals surface area contributed by atoms with Crippen LogP contribution in [0.25, 0.3) is 0 Å². The molecule has 80 valence electrons. The molecule has 0 aromatic carbocycles. The molecule has 0 fully saturated rings. The molecule has 14 heavy (non-hydrogen) atoms. The van der Waals surface area contributed by atoms with E-state index in [4.69, 9.17) is 0 Å². The van der Waals surface area contributed by atoms with Gasteiger partial charge in [-0.25, -0.2) is 4.63 Å². The van der Waals surface area contributed by atoms with E-state index in [2.05, 4.69) is 34.1 Å². The van der Waals surface area contributed by atoms with Gasteiger partial charge in [0.2, 0.25) is 0 Å². The molecule has 1 N–H and O–H groups in total. The molecule has 0 atom stereocenters. The van der Waals surface area contributed by atoms with Gasteiger partial charge in [0.1, 0.15) is 11.4 Å². The summed E-state index contributed by atoms with van der Waals surface area (Å²) in [6.07, 6.45) is 2.44. The molecule has 1 aromatic heterocycles. The summed E-state index contributed by atoms with van der Waals surface area (Å²) in [6.45, 7) is 8.15. The largest absolute Gasteiger partial charge is 0.311 e. The molecular weight excluding hydrogens is 178 g/mol. The molecule has 0 unspecified atom stereocenters. The first-order chi connectivity index (χ1) is 6.77. The zero-order valence-electron chi connectivity index (χ0n) is 9.21. The summed E-state index contributed by atoms with van der Waals surface area (Å²) in [5.74, 6) is 0.759. The van der Waals surface area contributed by atoms with E-state index in [0.717, 1.165) is 30.4 Å². The van der Waals surface area contributed by atoms with E-state index in [1.54, 1.807) is 0 Å². The maximum absolute atomic E-state index is 4.62. The van der Waals surface area contributed by atoms with Crippen molar-refractivity contribution < 1.29 is 4.63 Å². The Bertz CT molecular complexity index is 256. The molecule has 0 saturated carbocycles. The Morgan fingerprint density at radius 2 is 2.00 bits per heavy atom. The third-order valence-corrected chi connectivity index (χ3v) is 2.63. The first-order valence-corrected chi connectivity index (χ1v) is 5.26. The predicted octanol–water partition coefficient (Wildman–Crippen LogP) is 1.90. The van der Waals surface area contributed by atoms with E-state index >= 15 is 0 Å². The lowest BCUT2D eigenvalue weighted by Gasteiger charge is -2.12. The summed E-state index contributed by atoms with van der Waals surface area (Å²) < 4.78 is 4.62. The lowest BCUT2D eigenvalue weighted by atomic mass is 10.0. The molecule has 0 aliphatic rings. The Morgan fingerprint density at radius 3 is 2.50 bits per heavy atom. The van der Waals surface area contributed by atoms with E-state index in [0.29, 0.717) is 0 Å². The fourth-order valence-corrected chi connectivity index (χ4v) is 1.38. The molecule has 0 spiro atoms.